The molecule has 0 aromatic rings. The van der Waals surface area contributed by atoms with Crippen molar-refractivity contribution in [1.29, 1.82) is 0 Å². The fourth-order valence-electron chi connectivity index (χ4n) is 3.49. The zero-order valence-corrected chi connectivity index (χ0v) is 12.6. The zero-order valence-electron chi connectivity index (χ0n) is 12.6. The number of rotatable bonds is 9. The van der Waals surface area contributed by atoms with E-state index in [2.05, 4.69) is 10.2 Å². The molecule has 0 aromatic carbocycles. The molecule has 1 spiro atoms. The highest BCUT2D eigenvalue weighted by molar-refractivity contribution is 5.05. The number of ether oxygens (including phenoxy) is 2. The van der Waals surface area contributed by atoms with E-state index in [4.69, 9.17) is 9.47 Å². The molecule has 2 fully saturated rings. The molecular weight excluding hydrogens is 240 g/mol. The lowest BCUT2D eigenvalue weighted by Gasteiger charge is -2.27. The van der Waals surface area contributed by atoms with E-state index in [-0.39, 0.29) is 0 Å². The summed E-state index contributed by atoms with van der Waals surface area (Å²) in [5.74, 6) is 0.925. The molecule has 112 valence electrons. The molecule has 2 rings (SSSR count). The van der Waals surface area contributed by atoms with E-state index in [1.165, 1.54) is 38.9 Å². The van der Waals surface area contributed by atoms with Crippen LogP contribution in [0.2, 0.25) is 0 Å². The summed E-state index contributed by atoms with van der Waals surface area (Å²) in [5.41, 5.74) is 0.692. The van der Waals surface area contributed by atoms with Gasteiger partial charge in [-0.05, 0) is 50.1 Å². The SMILES string of the molecule is COCCCN(CCOC)CC1CC12CCNCC2. The maximum atomic E-state index is 5.23. The van der Waals surface area contributed by atoms with Crippen LogP contribution in [-0.2, 0) is 9.47 Å². The van der Waals surface area contributed by atoms with E-state index in [9.17, 15) is 0 Å². The van der Waals surface area contributed by atoms with Crippen LogP contribution < -0.4 is 5.32 Å². The van der Waals surface area contributed by atoms with Crippen molar-refractivity contribution in [1.82, 2.24) is 10.2 Å². The van der Waals surface area contributed by atoms with Gasteiger partial charge in [-0.15, -0.1) is 0 Å². The van der Waals surface area contributed by atoms with Crippen LogP contribution >= 0.6 is 0 Å². The third kappa shape index (κ3) is 4.42. The average Bonchev–Trinajstić information content (AvgIpc) is 3.08. The molecule has 1 unspecified atom stereocenters. The van der Waals surface area contributed by atoms with E-state index < -0.39 is 0 Å². The topological polar surface area (TPSA) is 33.7 Å². The van der Waals surface area contributed by atoms with Gasteiger partial charge in [0.2, 0.25) is 0 Å². The Labute approximate surface area is 117 Å². The van der Waals surface area contributed by atoms with Crippen LogP contribution in [0.4, 0.5) is 0 Å². The number of nitrogens with one attached hydrogen (secondary N) is 1. The summed E-state index contributed by atoms with van der Waals surface area (Å²) in [4.78, 5) is 2.57. The molecule has 19 heavy (non-hydrogen) atoms. The van der Waals surface area contributed by atoms with E-state index in [0.29, 0.717) is 5.41 Å². The van der Waals surface area contributed by atoms with Crippen molar-refractivity contribution in [2.75, 3.05) is 60.2 Å². The number of nitrogens with zero attached hydrogens (tertiary/aromatic N) is 1. The molecule has 0 bridgehead atoms. The summed E-state index contributed by atoms with van der Waals surface area (Å²) in [6.07, 6.45) is 5.34. The maximum Gasteiger partial charge on any atom is 0.0589 e. The van der Waals surface area contributed by atoms with E-state index in [0.717, 1.165) is 38.6 Å². The highest BCUT2D eigenvalue weighted by atomic mass is 16.5. The lowest BCUT2D eigenvalue weighted by Crippen LogP contribution is -2.34. The van der Waals surface area contributed by atoms with Gasteiger partial charge in [-0.1, -0.05) is 0 Å². The molecule has 0 radical (unpaired) electrons. The Hall–Kier alpha value is -0.160. The second-order valence-electron chi connectivity index (χ2n) is 6.15. The van der Waals surface area contributed by atoms with Crippen molar-refractivity contribution < 1.29 is 9.47 Å². The average molecular weight is 270 g/mol. The van der Waals surface area contributed by atoms with Crippen molar-refractivity contribution in [3.05, 3.63) is 0 Å². The molecule has 1 saturated carbocycles. The zero-order chi connectivity index (χ0) is 13.6. The van der Waals surface area contributed by atoms with Gasteiger partial charge in [-0.2, -0.15) is 0 Å². The van der Waals surface area contributed by atoms with Crippen LogP contribution in [-0.4, -0.2) is 65.1 Å². The highest BCUT2D eigenvalue weighted by Gasteiger charge is 2.53. The van der Waals surface area contributed by atoms with Crippen LogP contribution in [0.1, 0.15) is 25.7 Å². The third-order valence-corrected chi connectivity index (χ3v) is 4.87. The molecular formula is C15H30N2O2. The largest absolute Gasteiger partial charge is 0.385 e. The van der Waals surface area contributed by atoms with Crippen molar-refractivity contribution >= 4 is 0 Å². The van der Waals surface area contributed by atoms with Gasteiger partial charge in [0.05, 0.1) is 6.61 Å². The minimum Gasteiger partial charge on any atom is -0.385 e. The fourth-order valence-corrected chi connectivity index (χ4v) is 3.49. The Bertz CT molecular complexity index is 255. The molecule has 2 aliphatic rings. The summed E-state index contributed by atoms with van der Waals surface area (Å²) in [5, 5.41) is 3.48. The third-order valence-electron chi connectivity index (χ3n) is 4.87. The van der Waals surface area contributed by atoms with E-state index >= 15 is 0 Å². The van der Waals surface area contributed by atoms with Gasteiger partial charge in [-0.3, -0.25) is 0 Å². The first-order valence-corrected chi connectivity index (χ1v) is 7.72. The molecule has 1 heterocycles. The molecule has 1 saturated heterocycles. The Kier molecular flexibility index (Phi) is 6.07. The predicted molar refractivity (Wildman–Crippen MR) is 77.5 cm³/mol. The first-order valence-electron chi connectivity index (χ1n) is 7.72. The predicted octanol–water partition coefficient (Wildman–Crippen LogP) is 1.36. The molecule has 1 N–H and O–H groups in total. The first-order chi connectivity index (χ1) is 9.30. The molecule has 0 aromatic heterocycles. The molecule has 4 nitrogen and oxygen atoms in total. The van der Waals surface area contributed by atoms with Gasteiger partial charge in [0.15, 0.2) is 0 Å². The van der Waals surface area contributed by atoms with E-state index in [1.54, 1.807) is 14.2 Å². The Morgan fingerprint density at radius 2 is 1.84 bits per heavy atom. The normalized spacial score (nSPS) is 25.1. The number of piperidine rings is 1. The van der Waals surface area contributed by atoms with Crippen LogP contribution in [0.5, 0.6) is 0 Å². The van der Waals surface area contributed by atoms with Crippen LogP contribution in [0.25, 0.3) is 0 Å². The molecule has 1 atom stereocenters. The number of methoxy groups -OCH3 is 2. The molecule has 4 heteroatoms. The lowest BCUT2D eigenvalue weighted by atomic mass is 9.92. The Morgan fingerprint density at radius 3 is 2.53 bits per heavy atom. The molecule has 1 aliphatic heterocycles. The Morgan fingerprint density at radius 1 is 1.11 bits per heavy atom. The quantitative estimate of drug-likeness (QED) is 0.642. The summed E-state index contributed by atoms with van der Waals surface area (Å²) in [6, 6.07) is 0. The minimum absolute atomic E-state index is 0.692. The monoisotopic (exact) mass is 270 g/mol. The van der Waals surface area contributed by atoms with Gasteiger partial charge in [0.25, 0.3) is 0 Å². The second-order valence-corrected chi connectivity index (χ2v) is 6.15. The number of hydrogen-bond acceptors (Lipinski definition) is 4. The highest BCUT2D eigenvalue weighted by Crippen LogP contribution is 2.58. The summed E-state index contributed by atoms with van der Waals surface area (Å²) < 4.78 is 10.4. The van der Waals surface area contributed by atoms with Crippen LogP contribution in [0.3, 0.4) is 0 Å². The first kappa shape index (κ1) is 15.2. The summed E-state index contributed by atoms with van der Waals surface area (Å²) >= 11 is 0. The maximum absolute atomic E-state index is 5.23. The minimum atomic E-state index is 0.692. The van der Waals surface area contributed by atoms with Crippen molar-refractivity contribution in [3.63, 3.8) is 0 Å². The van der Waals surface area contributed by atoms with E-state index in [1.807, 2.05) is 0 Å². The second kappa shape index (κ2) is 7.58. The van der Waals surface area contributed by atoms with Gasteiger partial charge < -0.3 is 19.7 Å². The van der Waals surface area contributed by atoms with Gasteiger partial charge in [0.1, 0.15) is 0 Å². The molecule has 0 amide bonds. The van der Waals surface area contributed by atoms with Crippen LogP contribution in [0.15, 0.2) is 0 Å². The van der Waals surface area contributed by atoms with Gasteiger partial charge in [0, 0.05) is 40.5 Å². The van der Waals surface area contributed by atoms with Crippen molar-refractivity contribution in [2.45, 2.75) is 25.7 Å². The van der Waals surface area contributed by atoms with Crippen molar-refractivity contribution in [3.8, 4) is 0 Å². The Balaban J connectivity index is 1.72. The standard InChI is InChI=1S/C15H30N2O2/c1-18-10-3-8-17(9-11-19-2)13-14-12-15(14)4-6-16-7-5-15/h14,16H,3-13H2,1-2H3. The van der Waals surface area contributed by atoms with Crippen molar-refractivity contribution in [2.24, 2.45) is 11.3 Å². The summed E-state index contributed by atoms with van der Waals surface area (Å²) in [7, 11) is 3.57. The summed E-state index contributed by atoms with van der Waals surface area (Å²) in [6.45, 7) is 7.61. The van der Waals surface area contributed by atoms with Crippen LogP contribution in [0, 0.1) is 11.3 Å². The van der Waals surface area contributed by atoms with Gasteiger partial charge in [-0.25, -0.2) is 0 Å². The smallest absolute Gasteiger partial charge is 0.0589 e. The fraction of sp³-hybridized carbons (Fsp3) is 1.00. The number of hydrogen-bond donors (Lipinski definition) is 1. The molecule has 1 aliphatic carbocycles. The van der Waals surface area contributed by atoms with Gasteiger partial charge >= 0.3 is 0 Å². The lowest BCUT2D eigenvalue weighted by molar-refractivity contribution is 0.125.